The Bertz CT molecular complexity index is 411. The molecule has 20 heavy (non-hydrogen) atoms. The van der Waals surface area contributed by atoms with E-state index in [1.807, 2.05) is 31.2 Å². The molecule has 1 heterocycles. The third-order valence-corrected chi connectivity index (χ3v) is 3.84. The summed E-state index contributed by atoms with van der Waals surface area (Å²) in [6.07, 6.45) is 2.16. The normalized spacial score (nSPS) is 23.6. The summed E-state index contributed by atoms with van der Waals surface area (Å²) in [5, 5.41) is 0. The van der Waals surface area contributed by atoms with Crippen LogP contribution in [0.3, 0.4) is 0 Å². The Labute approximate surface area is 121 Å². The van der Waals surface area contributed by atoms with Crippen LogP contribution in [-0.4, -0.2) is 43.3 Å². The highest BCUT2D eigenvalue weighted by molar-refractivity contribution is 5.39. The molecule has 4 heteroatoms. The molecule has 2 rings (SSSR count). The average molecular weight is 278 g/mol. The Morgan fingerprint density at radius 3 is 2.60 bits per heavy atom. The maximum absolute atomic E-state index is 5.99. The van der Waals surface area contributed by atoms with Crippen molar-refractivity contribution in [1.82, 2.24) is 4.90 Å². The number of ether oxygens (including phenoxy) is 2. The van der Waals surface area contributed by atoms with E-state index in [0.29, 0.717) is 25.3 Å². The third kappa shape index (κ3) is 4.12. The summed E-state index contributed by atoms with van der Waals surface area (Å²) in [6.45, 7) is 7.57. The van der Waals surface area contributed by atoms with Gasteiger partial charge in [0.15, 0.2) is 11.5 Å². The molecule has 2 unspecified atom stereocenters. The first kappa shape index (κ1) is 15.1. The molecule has 0 amide bonds. The smallest absolute Gasteiger partial charge is 0.161 e. The van der Waals surface area contributed by atoms with E-state index in [-0.39, 0.29) is 0 Å². The van der Waals surface area contributed by atoms with Crippen LogP contribution < -0.4 is 15.2 Å². The molecule has 0 spiro atoms. The molecule has 1 aromatic carbocycles. The van der Waals surface area contributed by atoms with Crippen molar-refractivity contribution >= 4 is 0 Å². The largest absolute Gasteiger partial charge is 0.490 e. The Balaban J connectivity index is 1.81. The standard InChI is InChI=1S/C16H26N2O2/c1-3-19-15-6-4-5-7-16(15)20-11-10-18-9-8-14(17)12-13(18)2/h4-7,13-14H,3,8-12,17H2,1-2H3. The van der Waals surface area contributed by atoms with Gasteiger partial charge in [-0.05, 0) is 38.8 Å². The topological polar surface area (TPSA) is 47.7 Å². The van der Waals surface area contributed by atoms with Crippen LogP contribution in [0.4, 0.5) is 0 Å². The van der Waals surface area contributed by atoms with Crippen molar-refractivity contribution in [2.45, 2.75) is 38.8 Å². The molecule has 1 aromatic rings. The van der Waals surface area contributed by atoms with E-state index in [4.69, 9.17) is 15.2 Å². The number of benzene rings is 1. The highest BCUT2D eigenvalue weighted by Crippen LogP contribution is 2.26. The zero-order valence-corrected chi connectivity index (χ0v) is 12.5. The van der Waals surface area contributed by atoms with Gasteiger partial charge in [-0.15, -0.1) is 0 Å². The van der Waals surface area contributed by atoms with E-state index >= 15 is 0 Å². The lowest BCUT2D eigenvalue weighted by molar-refractivity contribution is 0.122. The van der Waals surface area contributed by atoms with Crippen LogP contribution in [0.15, 0.2) is 24.3 Å². The van der Waals surface area contributed by atoms with Gasteiger partial charge in [-0.2, -0.15) is 0 Å². The lowest BCUT2D eigenvalue weighted by atomic mass is 9.99. The number of nitrogens with two attached hydrogens (primary N) is 1. The third-order valence-electron chi connectivity index (χ3n) is 3.84. The van der Waals surface area contributed by atoms with Gasteiger partial charge in [0.2, 0.25) is 0 Å². The van der Waals surface area contributed by atoms with Gasteiger partial charge >= 0.3 is 0 Å². The molecule has 2 N–H and O–H groups in total. The number of para-hydroxylation sites is 2. The van der Waals surface area contributed by atoms with Crippen LogP contribution in [0, 0.1) is 0 Å². The summed E-state index contributed by atoms with van der Waals surface area (Å²) in [5.41, 5.74) is 5.99. The number of hydrogen-bond donors (Lipinski definition) is 1. The van der Waals surface area contributed by atoms with Gasteiger partial charge < -0.3 is 15.2 Å². The number of hydrogen-bond acceptors (Lipinski definition) is 4. The second-order valence-corrected chi connectivity index (χ2v) is 5.40. The van der Waals surface area contributed by atoms with Crippen molar-refractivity contribution in [2.75, 3.05) is 26.3 Å². The lowest BCUT2D eigenvalue weighted by Gasteiger charge is -2.36. The summed E-state index contributed by atoms with van der Waals surface area (Å²) in [7, 11) is 0. The maximum Gasteiger partial charge on any atom is 0.161 e. The van der Waals surface area contributed by atoms with E-state index in [1.165, 1.54) is 0 Å². The molecule has 0 aromatic heterocycles. The number of rotatable bonds is 6. The van der Waals surface area contributed by atoms with Crippen molar-refractivity contribution in [1.29, 1.82) is 0 Å². The highest BCUT2D eigenvalue weighted by Gasteiger charge is 2.22. The van der Waals surface area contributed by atoms with E-state index in [9.17, 15) is 0 Å². The highest BCUT2D eigenvalue weighted by atomic mass is 16.5. The Kier molecular flexibility index (Phi) is 5.68. The van der Waals surface area contributed by atoms with Crippen LogP contribution in [0.1, 0.15) is 26.7 Å². The van der Waals surface area contributed by atoms with E-state index < -0.39 is 0 Å². The monoisotopic (exact) mass is 278 g/mol. The molecule has 0 radical (unpaired) electrons. The van der Waals surface area contributed by atoms with Crippen LogP contribution >= 0.6 is 0 Å². The molecule has 1 saturated heterocycles. The van der Waals surface area contributed by atoms with Crippen molar-refractivity contribution in [2.24, 2.45) is 5.73 Å². The van der Waals surface area contributed by atoms with Gasteiger partial charge in [0.1, 0.15) is 6.61 Å². The first-order chi connectivity index (χ1) is 9.70. The van der Waals surface area contributed by atoms with Gasteiger partial charge in [0.25, 0.3) is 0 Å². The second-order valence-electron chi connectivity index (χ2n) is 5.40. The molecule has 0 bridgehead atoms. The van der Waals surface area contributed by atoms with Crippen LogP contribution in [0.2, 0.25) is 0 Å². The fraction of sp³-hybridized carbons (Fsp3) is 0.625. The number of likely N-dealkylation sites (tertiary alicyclic amines) is 1. The zero-order chi connectivity index (χ0) is 14.4. The minimum Gasteiger partial charge on any atom is -0.490 e. The first-order valence-corrected chi connectivity index (χ1v) is 7.55. The quantitative estimate of drug-likeness (QED) is 0.867. The SMILES string of the molecule is CCOc1ccccc1OCCN1CCC(N)CC1C. The Morgan fingerprint density at radius 1 is 1.25 bits per heavy atom. The van der Waals surface area contributed by atoms with Gasteiger partial charge in [-0.25, -0.2) is 0 Å². The molecule has 1 fully saturated rings. The molecule has 1 aliphatic rings. The Hall–Kier alpha value is -1.26. The fourth-order valence-electron chi connectivity index (χ4n) is 2.71. The van der Waals surface area contributed by atoms with Gasteiger partial charge in [0, 0.05) is 25.2 Å². The summed E-state index contributed by atoms with van der Waals surface area (Å²) >= 11 is 0. The van der Waals surface area contributed by atoms with Crippen LogP contribution in [-0.2, 0) is 0 Å². The van der Waals surface area contributed by atoms with E-state index in [1.54, 1.807) is 0 Å². The van der Waals surface area contributed by atoms with Gasteiger partial charge in [-0.3, -0.25) is 4.90 Å². The summed E-state index contributed by atoms with van der Waals surface area (Å²) in [4.78, 5) is 2.45. The van der Waals surface area contributed by atoms with Gasteiger partial charge in [0.05, 0.1) is 6.61 Å². The van der Waals surface area contributed by atoms with Crippen LogP contribution in [0.25, 0.3) is 0 Å². The summed E-state index contributed by atoms with van der Waals surface area (Å²) < 4.78 is 11.4. The maximum atomic E-state index is 5.99. The van der Waals surface area contributed by atoms with E-state index in [0.717, 1.165) is 37.4 Å². The molecule has 2 atom stereocenters. The molecule has 4 nitrogen and oxygen atoms in total. The number of piperidine rings is 1. The first-order valence-electron chi connectivity index (χ1n) is 7.55. The average Bonchev–Trinajstić information content (AvgIpc) is 2.43. The summed E-state index contributed by atoms with van der Waals surface area (Å²) in [6, 6.07) is 8.75. The van der Waals surface area contributed by atoms with Crippen molar-refractivity contribution in [3.05, 3.63) is 24.3 Å². The van der Waals surface area contributed by atoms with Crippen LogP contribution in [0.5, 0.6) is 11.5 Å². The van der Waals surface area contributed by atoms with Crippen molar-refractivity contribution in [3.63, 3.8) is 0 Å². The fourth-order valence-corrected chi connectivity index (χ4v) is 2.71. The molecular weight excluding hydrogens is 252 g/mol. The minimum absolute atomic E-state index is 0.362. The second kappa shape index (κ2) is 7.50. The Morgan fingerprint density at radius 2 is 1.95 bits per heavy atom. The summed E-state index contributed by atoms with van der Waals surface area (Å²) in [5.74, 6) is 1.65. The zero-order valence-electron chi connectivity index (χ0n) is 12.5. The van der Waals surface area contributed by atoms with Crippen molar-refractivity contribution in [3.8, 4) is 11.5 Å². The number of nitrogens with zero attached hydrogens (tertiary/aromatic N) is 1. The predicted molar refractivity (Wildman–Crippen MR) is 81.4 cm³/mol. The molecule has 1 aliphatic heterocycles. The molecular formula is C16H26N2O2. The van der Waals surface area contributed by atoms with Crippen molar-refractivity contribution < 1.29 is 9.47 Å². The van der Waals surface area contributed by atoms with E-state index in [2.05, 4.69) is 11.8 Å². The minimum atomic E-state index is 0.362. The predicted octanol–water partition coefficient (Wildman–Crippen LogP) is 2.28. The lowest BCUT2D eigenvalue weighted by Crippen LogP contribution is -2.46. The molecule has 112 valence electrons. The van der Waals surface area contributed by atoms with Gasteiger partial charge in [-0.1, -0.05) is 12.1 Å². The molecule has 0 aliphatic carbocycles. The molecule has 0 saturated carbocycles.